The monoisotopic (exact) mass is 467 g/mol. The molecule has 0 aromatic heterocycles. The maximum Gasteiger partial charge on any atom is 0.264 e. The molecule has 176 valence electrons. The number of anilines is 1. The summed E-state index contributed by atoms with van der Waals surface area (Å²) in [6.07, 6.45) is -0.344. The molecule has 6 heteroatoms. The lowest BCUT2D eigenvalue weighted by atomic mass is 9.88. The van der Waals surface area contributed by atoms with Crippen molar-refractivity contribution in [3.63, 3.8) is 0 Å². The number of ether oxygens (including phenoxy) is 2. The van der Waals surface area contributed by atoms with Crippen molar-refractivity contribution in [3.05, 3.63) is 102 Å². The van der Waals surface area contributed by atoms with E-state index in [4.69, 9.17) is 9.47 Å². The zero-order chi connectivity index (χ0) is 24.6. The molecule has 0 saturated heterocycles. The fourth-order valence-corrected chi connectivity index (χ4v) is 4.69. The van der Waals surface area contributed by atoms with Gasteiger partial charge in [0.2, 0.25) is 0 Å². The van der Waals surface area contributed by atoms with Gasteiger partial charge in [-0.3, -0.25) is 9.59 Å². The van der Waals surface area contributed by atoms with E-state index in [1.165, 1.54) is 4.90 Å². The van der Waals surface area contributed by atoms with Crippen LogP contribution in [0.4, 0.5) is 5.69 Å². The molecule has 0 unspecified atom stereocenters. The smallest absolute Gasteiger partial charge is 0.264 e. The van der Waals surface area contributed by atoms with Crippen LogP contribution < -0.4 is 14.4 Å². The van der Waals surface area contributed by atoms with Crippen LogP contribution in [0.15, 0.2) is 84.9 Å². The Kier molecular flexibility index (Phi) is 5.75. The van der Waals surface area contributed by atoms with E-state index in [1.54, 1.807) is 56.7 Å². The van der Waals surface area contributed by atoms with Gasteiger partial charge in [-0.2, -0.15) is 0 Å². The molecule has 1 amide bonds. The Bertz CT molecular complexity index is 1450. The zero-order valence-electron chi connectivity index (χ0n) is 19.5. The van der Waals surface area contributed by atoms with Crippen LogP contribution in [0.1, 0.15) is 27.9 Å². The number of nitrogens with zero attached hydrogens (tertiary/aromatic N) is 1. The van der Waals surface area contributed by atoms with E-state index < -0.39 is 11.5 Å². The van der Waals surface area contributed by atoms with Crippen molar-refractivity contribution in [2.75, 3.05) is 19.1 Å². The minimum absolute atomic E-state index is 0.211. The number of para-hydroxylation sites is 1. The fourth-order valence-electron chi connectivity index (χ4n) is 4.69. The SMILES string of the molecule is COc1ccc(CN2C(=O)[C@](O)(CC(=O)c3ccc4ccccc4c3)c3ccccc32)cc1OC. The predicted molar refractivity (Wildman–Crippen MR) is 134 cm³/mol. The number of rotatable bonds is 7. The maximum absolute atomic E-state index is 13.6. The van der Waals surface area contributed by atoms with Crippen LogP contribution in [-0.4, -0.2) is 31.0 Å². The van der Waals surface area contributed by atoms with Gasteiger partial charge in [-0.25, -0.2) is 0 Å². The summed E-state index contributed by atoms with van der Waals surface area (Å²) in [6.45, 7) is 0.211. The summed E-state index contributed by atoms with van der Waals surface area (Å²) in [5.41, 5.74) is 0.327. The highest BCUT2D eigenvalue weighted by molar-refractivity contribution is 6.11. The third-order valence-corrected chi connectivity index (χ3v) is 6.52. The first-order chi connectivity index (χ1) is 16.9. The molecule has 0 spiro atoms. The molecule has 0 bridgehead atoms. The average molecular weight is 468 g/mol. The van der Waals surface area contributed by atoms with Gasteiger partial charge in [0.25, 0.3) is 5.91 Å². The zero-order valence-corrected chi connectivity index (χ0v) is 19.5. The number of aliphatic hydroxyl groups is 1. The van der Waals surface area contributed by atoms with Crippen molar-refractivity contribution in [3.8, 4) is 11.5 Å². The van der Waals surface area contributed by atoms with E-state index in [2.05, 4.69) is 0 Å². The molecule has 5 rings (SSSR count). The van der Waals surface area contributed by atoms with Crippen molar-refractivity contribution in [2.24, 2.45) is 0 Å². The van der Waals surface area contributed by atoms with E-state index in [9.17, 15) is 14.7 Å². The first-order valence-corrected chi connectivity index (χ1v) is 11.3. The maximum atomic E-state index is 13.6. The van der Waals surface area contributed by atoms with Gasteiger partial charge >= 0.3 is 0 Å². The van der Waals surface area contributed by atoms with Crippen molar-refractivity contribution >= 4 is 28.2 Å². The topological polar surface area (TPSA) is 76.1 Å². The summed E-state index contributed by atoms with van der Waals surface area (Å²) in [5, 5.41) is 13.6. The third-order valence-electron chi connectivity index (χ3n) is 6.52. The van der Waals surface area contributed by atoms with E-state index >= 15 is 0 Å². The molecule has 1 atom stereocenters. The highest BCUT2D eigenvalue weighted by Gasteiger charge is 2.50. The molecule has 1 N–H and O–H groups in total. The molecule has 0 radical (unpaired) electrons. The summed E-state index contributed by atoms with van der Waals surface area (Å²) >= 11 is 0. The molecule has 1 aliphatic heterocycles. The summed E-state index contributed by atoms with van der Waals surface area (Å²) in [4.78, 5) is 28.4. The summed E-state index contributed by atoms with van der Waals surface area (Å²) in [6, 6.07) is 25.6. The number of ketones is 1. The Morgan fingerprint density at radius 3 is 2.34 bits per heavy atom. The van der Waals surface area contributed by atoms with Gasteiger partial charge in [0, 0.05) is 11.1 Å². The van der Waals surface area contributed by atoms with Crippen molar-refractivity contribution in [1.82, 2.24) is 0 Å². The van der Waals surface area contributed by atoms with Crippen molar-refractivity contribution in [1.29, 1.82) is 0 Å². The van der Waals surface area contributed by atoms with Crippen LogP contribution in [0.3, 0.4) is 0 Å². The number of carbonyl (C=O) groups is 2. The van der Waals surface area contributed by atoms with Gasteiger partial charge in [0.1, 0.15) is 0 Å². The molecule has 35 heavy (non-hydrogen) atoms. The molecule has 0 aliphatic carbocycles. The minimum atomic E-state index is -1.95. The Morgan fingerprint density at radius 2 is 1.57 bits per heavy atom. The van der Waals surface area contributed by atoms with Crippen molar-refractivity contribution < 1.29 is 24.2 Å². The highest BCUT2D eigenvalue weighted by atomic mass is 16.5. The van der Waals surface area contributed by atoms with Crippen LogP contribution >= 0.6 is 0 Å². The molecular formula is C29H25NO5. The Hall–Kier alpha value is -4.16. The second-order valence-electron chi connectivity index (χ2n) is 8.62. The lowest BCUT2D eigenvalue weighted by Crippen LogP contribution is -2.41. The summed E-state index contributed by atoms with van der Waals surface area (Å²) in [7, 11) is 3.11. The summed E-state index contributed by atoms with van der Waals surface area (Å²) < 4.78 is 10.7. The average Bonchev–Trinajstić information content (AvgIpc) is 3.10. The lowest BCUT2D eigenvalue weighted by Gasteiger charge is -2.23. The quantitative estimate of drug-likeness (QED) is 0.393. The van der Waals surface area contributed by atoms with Crippen LogP contribution in [-0.2, 0) is 16.9 Å². The number of fused-ring (bicyclic) bond motifs is 2. The first-order valence-electron chi connectivity index (χ1n) is 11.3. The van der Waals surface area contributed by atoms with Crippen LogP contribution in [0.2, 0.25) is 0 Å². The van der Waals surface area contributed by atoms with Crippen LogP contribution in [0.25, 0.3) is 10.8 Å². The molecular weight excluding hydrogens is 442 g/mol. The van der Waals surface area contributed by atoms with Gasteiger partial charge in [0.15, 0.2) is 22.9 Å². The molecule has 1 heterocycles. The fraction of sp³-hybridized carbons (Fsp3) is 0.172. The van der Waals surface area contributed by atoms with Gasteiger partial charge in [-0.15, -0.1) is 0 Å². The van der Waals surface area contributed by atoms with Crippen LogP contribution in [0, 0.1) is 0 Å². The lowest BCUT2D eigenvalue weighted by molar-refractivity contribution is -0.136. The predicted octanol–water partition coefficient (Wildman–Crippen LogP) is 4.86. The second kappa shape index (κ2) is 8.89. The Labute approximate surface area is 203 Å². The number of Topliss-reactive ketones (excluding diaryl/α,β-unsaturated/α-hetero) is 1. The third kappa shape index (κ3) is 3.92. The van der Waals surface area contributed by atoms with Gasteiger partial charge < -0.3 is 19.5 Å². The number of methoxy groups -OCH3 is 2. The number of hydrogen-bond acceptors (Lipinski definition) is 5. The molecule has 4 aromatic carbocycles. The van der Waals surface area contributed by atoms with E-state index in [0.717, 1.165) is 16.3 Å². The molecule has 0 fully saturated rings. The molecule has 4 aromatic rings. The van der Waals surface area contributed by atoms with Crippen molar-refractivity contribution in [2.45, 2.75) is 18.6 Å². The molecule has 1 aliphatic rings. The highest BCUT2D eigenvalue weighted by Crippen LogP contribution is 2.44. The summed E-state index contributed by atoms with van der Waals surface area (Å²) in [5.74, 6) is 0.311. The van der Waals surface area contributed by atoms with E-state index in [-0.39, 0.29) is 18.7 Å². The van der Waals surface area contributed by atoms with E-state index in [1.807, 2.05) is 42.5 Å². The number of amides is 1. The molecule has 0 saturated carbocycles. The normalized spacial score (nSPS) is 16.9. The number of benzene rings is 4. The van der Waals surface area contributed by atoms with Gasteiger partial charge in [-0.1, -0.05) is 60.7 Å². The van der Waals surface area contributed by atoms with Gasteiger partial charge in [-0.05, 0) is 40.6 Å². The number of carbonyl (C=O) groups excluding carboxylic acids is 2. The Morgan fingerprint density at radius 1 is 0.857 bits per heavy atom. The number of hydrogen-bond donors (Lipinski definition) is 1. The van der Waals surface area contributed by atoms with E-state index in [0.29, 0.717) is 28.3 Å². The Balaban J connectivity index is 1.46. The largest absolute Gasteiger partial charge is 0.493 e. The van der Waals surface area contributed by atoms with Crippen LogP contribution in [0.5, 0.6) is 11.5 Å². The second-order valence-corrected chi connectivity index (χ2v) is 8.62. The first kappa shape index (κ1) is 22.6. The van der Waals surface area contributed by atoms with Gasteiger partial charge in [0.05, 0.1) is 32.9 Å². The molecule has 6 nitrogen and oxygen atoms in total. The standard InChI is InChI=1S/C29H25NO5/c1-34-26-14-11-19(15-27(26)35-2)18-30-24-10-6-5-9-23(24)29(33,28(30)32)17-25(31)22-13-12-20-7-3-4-8-21(20)16-22/h3-16,33H,17-18H2,1-2H3/t29-/m0/s1. The minimum Gasteiger partial charge on any atom is -0.493 e.